The van der Waals surface area contributed by atoms with Crippen molar-refractivity contribution in [3.8, 4) is 11.4 Å². The van der Waals surface area contributed by atoms with Crippen LogP contribution in [-0.2, 0) is 6.42 Å². The molecule has 0 bridgehead atoms. The molecule has 2 unspecified atom stereocenters. The number of likely N-dealkylation sites (N-methyl/N-ethyl adjacent to an activating group) is 1. The molecule has 1 N–H and O–H groups in total. The first-order valence-corrected chi connectivity index (χ1v) is 7.29. The molecule has 2 aromatic rings. The summed E-state index contributed by atoms with van der Waals surface area (Å²) in [6, 6.07) is 8.67. The van der Waals surface area contributed by atoms with Gasteiger partial charge in [0.15, 0.2) is 0 Å². The first-order chi connectivity index (χ1) is 9.69. The number of nitrogens with one attached hydrogen (secondary N) is 1. The molecule has 0 aliphatic rings. The van der Waals surface area contributed by atoms with Crippen molar-refractivity contribution in [1.82, 2.24) is 15.5 Å². The van der Waals surface area contributed by atoms with E-state index in [1.807, 2.05) is 19.2 Å². The Morgan fingerprint density at radius 1 is 1.20 bits per heavy atom. The summed E-state index contributed by atoms with van der Waals surface area (Å²) in [5.74, 6) is 1.57. The van der Waals surface area contributed by atoms with E-state index in [0.717, 1.165) is 18.4 Å². The fourth-order valence-corrected chi connectivity index (χ4v) is 2.41. The SMILES string of the molecule is CCc1ccc(-c2noc(C(C)C(CC)NC)n2)cc1. The van der Waals surface area contributed by atoms with E-state index >= 15 is 0 Å². The predicted octanol–water partition coefficient (Wildman–Crippen LogP) is 3.40. The van der Waals surface area contributed by atoms with Crippen molar-refractivity contribution in [3.05, 3.63) is 35.7 Å². The molecular formula is C16H23N3O. The highest BCUT2D eigenvalue weighted by atomic mass is 16.5. The molecule has 0 saturated heterocycles. The van der Waals surface area contributed by atoms with Gasteiger partial charge in [0.1, 0.15) is 0 Å². The smallest absolute Gasteiger partial charge is 0.231 e. The quantitative estimate of drug-likeness (QED) is 0.876. The van der Waals surface area contributed by atoms with Crippen LogP contribution in [0, 0.1) is 0 Å². The molecule has 1 aromatic carbocycles. The van der Waals surface area contributed by atoms with Crippen LogP contribution in [0.5, 0.6) is 0 Å². The van der Waals surface area contributed by atoms with Gasteiger partial charge in [-0.05, 0) is 25.5 Å². The van der Waals surface area contributed by atoms with Crippen LogP contribution in [0.25, 0.3) is 11.4 Å². The second-order valence-corrected chi connectivity index (χ2v) is 5.10. The molecule has 0 saturated carbocycles. The predicted molar refractivity (Wildman–Crippen MR) is 80.7 cm³/mol. The lowest BCUT2D eigenvalue weighted by atomic mass is 10.00. The van der Waals surface area contributed by atoms with Gasteiger partial charge in [-0.25, -0.2) is 0 Å². The van der Waals surface area contributed by atoms with Crippen molar-refractivity contribution in [2.24, 2.45) is 0 Å². The minimum Gasteiger partial charge on any atom is -0.339 e. The number of benzene rings is 1. The van der Waals surface area contributed by atoms with Gasteiger partial charge in [0.25, 0.3) is 0 Å². The molecule has 20 heavy (non-hydrogen) atoms. The highest BCUT2D eigenvalue weighted by Gasteiger charge is 2.21. The maximum Gasteiger partial charge on any atom is 0.231 e. The largest absolute Gasteiger partial charge is 0.339 e. The third kappa shape index (κ3) is 3.07. The zero-order valence-electron chi connectivity index (χ0n) is 12.7. The van der Waals surface area contributed by atoms with Crippen molar-refractivity contribution in [2.45, 2.75) is 45.6 Å². The van der Waals surface area contributed by atoms with Gasteiger partial charge in [-0.3, -0.25) is 0 Å². The molecule has 4 nitrogen and oxygen atoms in total. The van der Waals surface area contributed by atoms with Crippen LogP contribution in [0.3, 0.4) is 0 Å². The van der Waals surface area contributed by atoms with E-state index in [0.29, 0.717) is 17.8 Å². The summed E-state index contributed by atoms with van der Waals surface area (Å²) in [6.45, 7) is 6.41. The Bertz CT molecular complexity index is 529. The maximum absolute atomic E-state index is 5.42. The number of aryl methyl sites for hydroxylation is 1. The molecule has 0 radical (unpaired) electrons. The molecule has 0 fully saturated rings. The molecule has 0 spiro atoms. The molecule has 1 aromatic heterocycles. The molecule has 4 heteroatoms. The Morgan fingerprint density at radius 2 is 1.90 bits per heavy atom. The number of hydrogen-bond donors (Lipinski definition) is 1. The molecule has 2 atom stereocenters. The molecule has 0 aliphatic heterocycles. The Balaban J connectivity index is 2.19. The maximum atomic E-state index is 5.42. The highest BCUT2D eigenvalue weighted by Crippen LogP contribution is 2.23. The summed E-state index contributed by atoms with van der Waals surface area (Å²) in [5.41, 5.74) is 2.31. The number of nitrogens with zero attached hydrogens (tertiary/aromatic N) is 2. The standard InChI is InChI=1S/C16H23N3O/c1-5-12-7-9-13(10-8-12)15-18-16(20-19-15)11(3)14(6-2)17-4/h7-11,14,17H,5-6H2,1-4H3. The highest BCUT2D eigenvalue weighted by molar-refractivity contribution is 5.54. The van der Waals surface area contributed by atoms with Crippen molar-refractivity contribution < 1.29 is 4.52 Å². The minimum absolute atomic E-state index is 0.209. The second-order valence-electron chi connectivity index (χ2n) is 5.10. The van der Waals surface area contributed by atoms with Gasteiger partial charge >= 0.3 is 0 Å². The lowest BCUT2D eigenvalue weighted by molar-refractivity contribution is 0.326. The Hall–Kier alpha value is -1.68. The summed E-state index contributed by atoms with van der Waals surface area (Å²) in [7, 11) is 1.96. The molecule has 0 amide bonds. The number of aromatic nitrogens is 2. The fourth-order valence-electron chi connectivity index (χ4n) is 2.41. The first-order valence-electron chi connectivity index (χ1n) is 7.29. The van der Waals surface area contributed by atoms with Gasteiger partial charge in [-0.15, -0.1) is 0 Å². The van der Waals surface area contributed by atoms with E-state index in [9.17, 15) is 0 Å². The topological polar surface area (TPSA) is 51.0 Å². The van der Waals surface area contributed by atoms with E-state index in [1.165, 1.54) is 5.56 Å². The number of hydrogen-bond acceptors (Lipinski definition) is 4. The summed E-state index contributed by atoms with van der Waals surface area (Å²) < 4.78 is 5.42. The minimum atomic E-state index is 0.209. The molecule has 108 valence electrons. The normalized spacial score (nSPS) is 14.2. The van der Waals surface area contributed by atoms with Crippen LogP contribution in [0.1, 0.15) is 44.6 Å². The van der Waals surface area contributed by atoms with Crippen LogP contribution in [0.4, 0.5) is 0 Å². The van der Waals surface area contributed by atoms with Crippen molar-refractivity contribution in [2.75, 3.05) is 7.05 Å². The Labute approximate surface area is 120 Å². The van der Waals surface area contributed by atoms with Gasteiger partial charge in [0, 0.05) is 11.6 Å². The third-order valence-corrected chi connectivity index (χ3v) is 3.87. The van der Waals surface area contributed by atoms with Gasteiger partial charge in [-0.1, -0.05) is 50.2 Å². The van der Waals surface area contributed by atoms with Gasteiger partial charge in [0.05, 0.1) is 5.92 Å². The molecular weight excluding hydrogens is 250 g/mol. The molecule has 0 aliphatic carbocycles. The molecule has 1 heterocycles. The van der Waals surface area contributed by atoms with E-state index in [-0.39, 0.29) is 5.92 Å². The van der Waals surface area contributed by atoms with Gasteiger partial charge < -0.3 is 9.84 Å². The summed E-state index contributed by atoms with van der Waals surface area (Å²) >= 11 is 0. The third-order valence-electron chi connectivity index (χ3n) is 3.87. The van der Waals surface area contributed by atoms with E-state index < -0.39 is 0 Å². The second kappa shape index (κ2) is 6.66. The summed E-state index contributed by atoms with van der Waals surface area (Å²) in [4.78, 5) is 4.53. The van der Waals surface area contributed by atoms with E-state index in [2.05, 4.69) is 48.4 Å². The average Bonchev–Trinajstić information content (AvgIpc) is 2.98. The Kier molecular flexibility index (Phi) is 4.90. The van der Waals surface area contributed by atoms with Crippen LogP contribution < -0.4 is 5.32 Å². The monoisotopic (exact) mass is 273 g/mol. The van der Waals surface area contributed by atoms with Crippen LogP contribution in [0.15, 0.2) is 28.8 Å². The van der Waals surface area contributed by atoms with E-state index in [4.69, 9.17) is 4.52 Å². The van der Waals surface area contributed by atoms with Crippen LogP contribution >= 0.6 is 0 Å². The zero-order chi connectivity index (χ0) is 14.5. The van der Waals surface area contributed by atoms with Crippen LogP contribution in [0.2, 0.25) is 0 Å². The van der Waals surface area contributed by atoms with Crippen molar-refractivity contribution in [1.29, 1.82) is 0 Å². The Morgan fingerprint density at radius 3 is 2.45 bits per heavy atom. The van der Waals surface area contributed by atoms with Gasteiger partial charge in [0.2, 0.25) is 11.7 Å². The lowest BCUT2D eigenvalue weighted by Crippen LogP contribution is -2.30. The average molecular weight is 273 g/mol. The van der Waals surface area contributed by atoms with Crippen molar-refractivity contribution >= 4 is 0 Å². The zero-order valence-corrected chi connectivity index (χ0v) is 12.7. The lowest BCUT2D eigenvalue weighted by Gasteiger charge is -2.18. The molecule has 2 rings (SSSR count). The van der Waals surface area contributed by atoms with Crippen molar-refractivity contribution in [3.63, 3.8) is 0 Å². The fraction of sp³-hybridized carbons (Fsp3) is 0.500. The van der Waals surface area contributed by atoms with Gasteiger partial charge in [-0.2, -0.15) is 4.98 Å². The number of rotatable bonds is 6. The first kappa shape index (κ1) is 14.7. The summed E-state index contributed by atoms with van der Waals surface area (Å²) in [5, 5.41) is 7.39. The van der Waals surface area contributed by atoms with Crippen LogP contribution in [-0.4, -0.2) is 23.2 Å². The summed E-state index contributed by atoms with van der Waals surface area (Å²) in [6.07, 6.45) is 2.07. The van der Waals surface area contributed by atoms with E-state index in [1.54, 1.807) is 0 Å².